The van der Waals surface area contributed by atoms with Crippen LogP contribution < -0.4 is 10.4 Å². The van der Waals surface area contributed by atoms with Crippen molar-refractivity contribution >= 4 is 11.9 Å². The van der Waals surface area contributed by atoms with E-state index >= 15 is 0 Å². The van der Waals surface area contributed by atoms with E-state index in [1.807, 2.05) is 0 Å². The molecule has 24 heavy (non-hydrogen) atoms. The van der Waals surface area contributed by atoms with Crippen LogP contribution in [0.5, 0.6) is 0 Å². The zero-order valence-corrected chi connectivity index (χ0v) is 15.1. The van der Waals surface area contributed by atoms with E-state index in [9.17, 15) is 14.7 Å². The molecule has 1 N–H and O–H groups in total. The first-order chi connectivity index (χ1) is 11.7. The Hall–Kier alpha value is -1.06. The van der Waals surface area contributed by atoms with E-state index in [-0.39, 0.29) is 17.9 Å². The SMILES string of the molecule is O=C([O-])C1CCCCC1C(=O)NC1CCCCCCCCCCC1. The summed E-state index contributed by atoms with van der Waals surface area (Å²) in [7, 11) is 0. The fourth-order valence-corrected chi connectivity index (χ4v) is 4.34. The normalized spacial score (nSPS) is 28.3. The Morgan fingerprint density at radius 3 is 1.54 bits per heavy atom. The number of carbonyl (C=O) groups is 2. The van der Waals surface area contributed by atoms with Gasteiger partial charge < -0.3 is 15.2 Å². The minimum Gasteiger partial charge on any atom is -0.550 e. The summed E-state index contributed by atoms with van der Waals surface area (Å²) in [5, 5.41) is 14.5. The molecule has 138 valence electrons. The predicted molar refractivity (Wildman–Crippen MR) is 93.2 cm³/mol. The number of carboxylic acids is 1. The van der Waals surface area contributed by atoms with Crippen molar-refractivity contribution in [2.75, 3.05) is 0 Å². The lowest BCUT2D eigenvalue weighted by atomic mass is 9.78. The van der Waals surface area contributed by atoms with E-state index in [4.69, 9.17) is 0 Å². The molecular weight excluding hydrogens is 302 g/mol. The lowest BCUT2D eigenvalue weighted by molar-refractivity contribution is -0.314. The quantitative estimate of drug-likeness (QED) is 0.859. The fraction of sp³-hybridized carbons (Fsp3) is 0.900. The third-order valence-corrected chi connectivity index (χ3v) is 5.86. The van der Waals surface area contributed by atoms with Crippen LogP contribution in [0.4, 0.5) is 0 Å². The van der Waals surface area contributed by atoms with Gasteiger partial charge in [-0.3, -0.25) is 4.79 Å². The lowest BCUT2D eigenvalue weighted by Crippen LogP contribution is -2.47. The Kier molecular flexibility index (Phi) is 8.62. The molecule has 4 nitrogen and oxygen atoms in total. The molecule has 2 unspecified atom stereocenters. The van der Waals surface area contributed by atoms with Gasteiger partial charge in [-0.2, -0.15) is 0 Å². The zero-order chi connectivity index (χ0) is 17.2. The minimum atomic E-state index is -1.05. The maximum Gasteiger partial charge on any atom is 0.223 e. The van der Waals surface area contributed by atoms with Crippen molar-refractivity contribution in [1.82, 2.24) is 5.32 Å². The molecule has 0 radical (unpaired) electrons. The highest BCUT2D eigenvalue weighted by Gasteiger charge is 2.32. The second kappa shape index (κ2) is 10.7. The summed E-state index contributed by atoms with van der Waals surface area (Å²) in [6, 6.07) is 0.223. The summed E-state index contributed by atoms with van der Waals surface area (Å²) in [4.78, 5) is 24.0. The van der Waals surface area contributed by atoms with Gasteiger partial charge in [0, 0.05) is 23.8 Å². The van der Waals surface area contributed by atoms with Gasteiger partial charge in [0.15, 0.2) is 0 Å². The summed E-state index contributed by atoms with van der Waals surface area (Å²) >= 11 is 0. The molecule has 2 aliphatic rings. The predicted octanol–water partition coefficient (Wildman–Crippen LogP) is 3.33. The molecule has 0 saturated heterocycles. The van der Waals surface area contributed by atoms with Crippen LogP contribution in [0.15, 0.2) is 0 Å². The third-order valence-electron chi connectivity index (χ3n) is 5.86. The van der Waals surface area contributed by atoms with Gasteiger partial charge in [-0.1, -0.05) is 70.6 Å². The van der Waals surface area contributed by atoms with Crippen molar-refractivity contribution in [3.8, 4) is 0 Å². The molecule has 0 bridgehead atoms. The Morgan fingerprint density at radius 2 is 1.04 bits per heavy atom. The average Bonchev–Trinajstić information content (AvgIpc) is 2.57. The van der Waals surface area contributed by atoms with E-state index in [1.54, 1.807) is 0 Å². The molecule has 0 aromatic heterocycles. The second-order valence-corrected chi connectivity index (χ2v) is 7.78. The smallest absolute Gasteiger partial charge is 0.223 e. The second-order valence-electron chi connectivity index (χ2n) is 7.78. The molecule has 0 heterocycles. The van der Waals surface area contributed by atoms with Gasteiger partial charge in [-0.25, -0.2) is 0 Å². The van der Waals surface area contributed by atoms with Crippen molar-refractivity contribution in [3.63, 3.8) is 0 Å². The Bertz CT molecular complexity index is 384. The van der Waals surface area contributed by atoms with Crippen LogP contribution in [-0.4, -0.2) is 17.9 Å². The van der Waals surface area contributed by atoms with E-state index in [0.717, 1.165) is 25.7 Å². The first-order valence-electron chi connectivity index (χ1n) is 10.2. The van der Waals surface area contributed by atoms with Crippen LogP contribution in [0, 0.1) is 11.8 Å². The summed E-state index contributed by atoms with van der Waals surface area (Å²) < 4.78 is 0. The number of rotatable bonds is 3. The van der Waals surface area contributed by atoms with E-state index < -0.39 is 11.9 Å². The average molecular weight is 336 g/mol. The number of nitrogens with one attached hydrogen (secondary N) is 1. The molecule has 2 fully saturated rings. The highest BCUT2D eigenvalue weighted by atomic mass is 16.4. The van der Waals surface area contributed by atoms with Crippen molar-refractivity contribution in [3.05, 3.63) is 0 Å². The van der Waals surface area contributed by atoms with Crippen LogP contribution in [0.25, 0.3) is 0 Å². The minimum absolute atomic E-state index is 0.0407. The molecular formula is C20H34NO3-. The van der Waals surface area contributed by atoms with Gasteiger partial charge in [0.1, 0.15) is 0 Å². The van der Waals surface area contributed by atoms with E-state index in [2.05, 4.69) is 5.32 Å². The van der Waals surface area contributed by atoms with Gasteiger partial charge in [0.2, 0.25) is 5.91 Å². The zero-order valence-electron chi connectivity index (χ0n) is 15.1. The number of carboxylic acid groups (broad SMARTS) is 1. The highest BCUT2D eigenvalue weighted by molar-refractivity contribution is 5.84. The summed E-state index contributed by atoms with van der Waals surface area (Å²) in [6.07, 6.45) is 16.7. The van der Waals surface area contributed by atoms with Gasteiger partial charge in [0.05, 0.1) is 0 Å². The topological polar surface area (TPSA) is 69.2 Å². The molecule has 2 rings (SSSR count). The molecule has 0 aromatic rings. The van der Waals surface area contributed by atoms with Crippen molar-refractivity contribution in [1.29, 1.82) is 0 Å². The lowest BCUT2D eigenvalue weighted by Gasteiger charge is -2.32. The largest absolute Gasteiger partial charge is 0.550 e. The standard InChI is InChI=1S/C20H35NO3/c22-19(17-14-10-11-15-18(17)20(23)24)21-16-12-8-6-4-2-1-3-5-7-9-13-16/h16-18H,1-15H2,(H,21,22)(H,23,24)/p-1. The molecule has 0 spiro atoms. The molecule has 0 aromatic carbocycles. The van der Waals surface area contributed by atoms with Crippen molar-refractivity contribution < 1.29 is 14.7 Å². The van der Waals surface area contributed by atoms with E-state index in [0.29, 0.717) is 12.8 Å². The number of aliphatic carboxylic acids is 1. The first kappa shape index (κ1) is 19.3. The molecule has 1 amide bonds. The van der Waals surface area contributed by atoms with Crippen LogP contribution in [0.3, 0.4) is 0 Å². The Labute approximate surface area is 146 Å². The Morgan fingerprint density at radius 1 is 0.625 bits per heavy atom. The monoisotopic (exact) mass is 336 g/mol. The van der Waals surface area contributed by atoms with Gasteiger partial charge in [-0.05, 0) is 25.7 Å². The van der Waals surface area contributed by atoms with Gasteiger partial charge >= 0.3 is 0 Å². The van der Waals surface area contributed by atoms with E-state index in [1.165, 1.54) is 57.8 Å². The molecule has 2 atom stereocenters. The van der Waals surface area contributed by atoms with Gasteiger partial charge in [0.25, 0.3) is 0 Å². The first-order valence-corrected chi connectivity index (χ1v) is 10.2. The molecule has 0 aliphatic heterocycles. The number of carbonyl (C=O) groups excluding carboxylic acids is 2. The Balaban J connectivity index is 1.87. The van der Waals surface area contributed by atoms with Crippen molar-refractivity contribution in [2.24, 2.45) is 11.8 Å². The van der Waals surface area contributed by atoms with Crippen molar-refractivity contribution in [2.45, 2.75) is 102 Å². The van der Waals surface area contributed by atoms with Crippen LogP contribution in [0.2, 0.25) is 0 Å². The third kappa shape index (κ3) is 6.45. The molecule has 2 saturated carbocycles. The number of hydrogen-bond donors (Lipinski definition) is 1. The van der Waals surface area contributed by atoms with Gasteiger partial charge in [-0.15, -0.1) is 0 Å². The summed E-state index contributed by atoms with van der Waals surface area (Å²) in [5.41, 5.74) is 0. The van der Waals surface area contributed by atoms with Crippen LogP contribution in [-0.2, 0) is 9.59 Å². The van der Waals surface area contributed by atoms with Crippen LogP contribution >= 0.6 is 0 Å². The summed E-state index contributed by atoms with van der Waals surface area (Å²) in [5.74, 6) is -2.07. The summed E-state index contributed by atoms with van der Waals surface area (Å²) in [6.45, 7) is 0. The van der Waals surface area contributed by atoms with Crippen LogP contribution in [0.1, 0.15) is 96.3 Å². The fourth-order valence-electron chi connectivity index (χ4n) is 4.34. The molecule has 2 aliphatic carbocycles. The maximum absolute atomic E-state index is 12.7. The molecule has 4 heteroatoms. The number of hydrogen-bond acceptors (Lipinski definition) is 3. The highest BCUT2D eigenvalue weighted by Crippen LogP contribution is 2.30. The maximum atomic E-state index is 12.7. The number of amides is 1.